The van der Waals surface area contributed by atoms with Crippen LogP contribution in [-0.2, 0) is 23.8 Å². The van der Waals surface area contributed by atoms with E-state index >= 15 is 0 Å². The number of ether oxygens (including phenoxy) is 3. The summed E-state index contributed by atoms with van der Waals surface area (Å²) in [5, 5.41) is 10.3. The first-order valence-corrected chi connectivity index (χ1v) is 7.75. The summed E-state index contributed by atoms with van der Waals surface area (Å²) in [6, 6.07) is 4.18. The minimum Gasteiger partial charge on any atom is -0.466 e. The van der Waals surface area contributed by atoms with Crippen LogP contribution in [0.1, 0.15) is 18.4 Å². The molecule has 27 heavy (non-hydrogen) atoms. The molecule has 10 heteroatoms. The van der Waals surface area contributed by atoms with Crippen molar-refractivity contribution >= 4 is 11.9 Å². The molecule has 0 bridgehead atoms. The molecule has 0 saturated heterocycles. The van der Waals surface area contributed by atoms with Crippen LogP contribution in [0.2, 0.25) is 0 Å². The Kier molecular flexibility index (Phi) is 5.79. The predicted octanol–water partition coefficient (Wildman–Crippen LogP) is 2.43. The van der Waals surface area contributed by atoms with E-state index in [9.17, 15) is 32.3 Å². The summed E-state index contributed by atoms with van der Waals surface area (Å²) in [6.07, 6.45) is -4.56. The van der Waals surface area contributed by atoms with Crippen molar-refractivity contribution in [2.24, 2.45) is 5.92 Å². The molecule has 0 saturated carbocycles. The van der Waals surface area contributed by atoms with Gasteiger partial charge in [0, 0.05) is 5.92 Å². The van der Waals surface area contributed by atoms with Crippen LogP contribution in [0.4, 0.5) is 17.6 Å². The van der Waals surface area contributed by atoms with E-state index in [0.717, 1.165) is 37.5 Å². The van der Waals surface area contributed by atoms with Crippen LogP contribution in [-0.4, -0.2) is 42.7 Å². The van der Waals surface area contributed by atoms with Gasteiger partial charge < -0.3 is 19.3 Å². The topological polar surface area (TPSA) is 82.1 Å². The summed E-state index contributed by atoms with van der Waals surface area (Å²) < 4.78 is 67.7. The lowest BCUT2D eigenvalue weighted by molar-refractivity contribution is -0.375. The number of carbonyl (C=O) groups excluding carboxylic acids is 2. The van der Waals surface area contributed by atoms with Gasteiger partial charge in [0.05, 0.1) is 13.7 Å². The molecule has 1 heterocycles. The molecule has 6 nitrogen and oxygen atoms in total. The van der Waals surface area contributed by atoms with Crippen molar-refractivity contribution in [1.29, 1.82) is 0 Å². The number of alkyl halides is 3. The number of rotatable bonds is 4. The molecule has 148 valence electrons. The summed E-state index contributed by atoms with van der Waals surface area (Å²) in [7, 11) is 0.906. The number of esters is 2. The number of hydrogen-bond donors (Lipinski definition) is 1. The van der Waals surface area contributed by atoms with Crippen molar-refractivity contribution in [1.82, 2.24) is 0 Å². The first-order chi connectivity index (χ1) is 12.5. The van der Waals surface area contributed by atoms with Gasteiger partial charge in [-0.3, -0.25) is 4.79 Å². The van der Waals surface area contributed by atoms with E-state index in [1.165, 1.54) is 6.92 Å². The minimum absolute atomic E-state index is 0.0295. The van der Waals surface area contributed by atoms with Crippen LogP contribution >= 0.6 is 0 Å². The largest absolute Gasteiger partial charge is 0.466 e. The Labute approximate surface area is 151 Å². The Morgan fingerprint density at radius 1 is 1.26 bits per heavy atom. The zero-order chi connectivity index (χ0) is 20.4. The van der Waals surface area contributed by atoms with Crippen LogP contribution in [0, 0.1) is 11.7 Å². The molecular weight excluding hydrogens is 376 g/mol. The monoisotopic (exact) mass is 392 g/mol. The van der Waals surface area contributed by atoms with Gasteiger partial charge in [-0.05, 0) is 30.7 Å². The smallest absolute Gasteiger partial charge is 0.456 e. The average Bonchev–Trinajstić information content (AvgIpc) is 2.60. The van der Waals surface area contributed by atoms with E-state index < -0.39 is 47.3 Å². The molecule has 0 unspecified atom stereocenters. The zero-order valence-electron chi connectivity index (χ0n) is 14.2. The number of methoxy groups -OCH3 is 1. The number of benzene rings is 1. The van der Waals surface area contributed by atoms with E-state index in [0.29, 0.717) is 0 Å². The van der Waals surface area contributed by atoms with E-state index in [4.69, 9.17) is 0 Å². The Bertz CT molecular complexity index is 743. The maximum atomic E-state index is 13.6. The molecule has 1 aliphatic heterocycles. The summed E-state index contributed by atoms with van der Waals surface area (Å²) in [6.45, 7) is 1.11. The third-order valence-electron chi connectivity index (χ3n) is 3.97. The van der Waals surface area contributed by atoms with Crippen LogP contribution < -0.4 is 0 Å². The Morgan fingerprint density at radius 3 is 2.33 bits per heavy atom. The SMILES string of the molecule is CCOC(=O)[C@H]1[C@H](c2ccc(F)cc2)C=C(C(=O)OC)O[C@]1(O)C(F)(F)F. The highest BCUT2D eigenvalue weighted by molar-refractivity contribution is 5.87. The zero-order valence-corrected chi connectivity index (χ0v) is 14.2. The molecular formula is C17H16F4O6. The second kappa shape index (κ2) is 7.55. The minimum atomic E-state index is -5.46. The fraction of sp³-hybridized carbons (Fsp3) is 0.412. The third kappa shape index (κ3) is 3.90. The quantitative estimate of drug-likeness (QED) is 0.626. The number of carbonyl (C=O) groups is 2. The van der Waals surface area contributed by atoms with E-state index in [1.807, 2.05) is 0 Å². The maximum Gasteiger partial charge on any atom is 0.456 e. The first kappa shape index (κ1) is 20.7. The maximum absolute atomic E-state index is 13.6. The van der Waals surface area contributed by atoms with Crippen LogP contribution in [0.15, 0.2) is 36.1 Å². The fourth-order valence-corrected chi connectivity index (χ4v) is 2.72. The van der Waals surface area contributed by atoms with Gasteiger partial charge in [0.25, 0.3) is 0 Å². The highest BCUT2D eigenvalue weighted by Gasteiger charge is 2.68. The van der Waals surface area contributed by atoms with E-state index in [1.54, 1.807) is 0 Å². The van der Waals surface area contributed by atoms with Crippen molar-refractivity contribution in [3.63, 3.8) is 0 Å². The van der Waals surface area contributed by atoms with E-state index in [2.05, 4.69) is 14.2 Å². The van der Waals surface area contributed by atoms with Gasteiger partial charge in [0.2, 0.25) is 5.76 Å². The van der Waals surface area contributed by atoms with Crippen LogP contribution in [0.3, 0.4) is 0 Å². The second-order valence-electron chi connectivity index (χ2n) is 5.63. The highest BCUT2D eigenvalue weighted by atomic mass is 19.4. The highest BCUT2D eigenvalue weighted by Crippen LogP contribution is 2.49. The molecule has 0 radical (unpaired) electrons. The molecule has 1 aliphatic rings. The van der Waals surface area contributed by atoms with E-state index in [-0.39, 0.29) is 12.2 Å². The molecule has 0 aliphatic carbocycles. The van der Waals surface area contributed by atoms with Crippen molar-refractivity contribution < 1.29 is 46.5 Å². The van der Waals surface area contributed by atoms with Gasteiger partial charge in [-0.1, -0.05) is 12.1 Å². The Morgan fingerprint density at radius 2 is 1.85 bits per heavy atom. The molecule has 0 fully saturated rings. The van der Waals surface area contributed by atoms with Gasteiger partial charge in [-0.25, -0.2) is 9.18 Å². The van der Waals surface area contributed by atoms with Gasteiger partial charge in [-0.15, -0.1) is 0 Å². The molecule has 3 atom stereocenters. The van der Waals surface area contributed by atoms with Gasteiger partial charge in [-0.2, -0.15) is 13.2 Å². The molecule has 0 amide bonds. The average molecular weight is 392 g/mol. The number of halogens is 4. The standard InChI is InChI=1S/C17H16F4O6/c1-3-26-15(23)13-11(9-4-6-10(18)7-5-9)8-12(14(22)25-2)27-16(13,24)17(19,20)21/h4-8,11,13,24H,3H2,1-2H3/t11-,13+,16-/m0/s1. The Balaban J connectivity index is 2.69. The Hall–Kier alpha value is -2.62. The second-order valence-corrected chi connectivity index (χ2v) is 5.63. The number of allylic oxidation sites excluding steroid dienone is 1. The lowest BCUT2D eigenvalue weighted by Gasteiger charge is -2.42. The van der Waals surface area contributed by atoms with Gasteiger partial charge in [0.15, 0.2) is 0 Å². The fourth-order valence-electron chi connectivity index (χ4n) is 2.72. The van der Waals surface area contributed by atoms with Crippen molar-refractivity contribution in [2.45, 2.75) is 24.8 Å². The third-order valence-corrected chi connectivity index (χ3v) is 3.97. The molecule has 0 spiro atoms. The van der Waals surface area contributed by atoms with Crippen molar-refractivity contribution in [2.75, 3.05) is 13.7 Å². The summed E-state index contributed by atoms with van der Waals surface area (Å²) >= 11 is 0. The number of aliphatic hydroxyl groups is 1. The molecule has 0 aromatic heterocycles. The lowest BCUT2D eigenvalue weighted by atomic mass is 9.78. The summed E-state index contributed by atoms with van der Waals surface area (Å²) in [4.78, 5) is 24.0. The molecule has 2 rings (SSSR count). The van der Waals surface area contributed by atoms with Gasteiger partial charge >= 0.3 is 23.9 Å². The molecule has 1 aromatic carbocycles. The van der Waals surface area contributed by atoms with Gasteiger partial charge in [0.1, 0.15) is 11.7 Å². The normalized spacial score (nSPS) is 25.2. The van der Waals surface area contributed by atoms with Crippen molar-refractivity contribution in [3.05, 3.63) is 47.5 Å². The first-order valence-electron chi connectivity index (χ1n) is 7.75. The van der Waals surface area contributed by atoms with Crippen molar-refractivity contribution in [3.8, 4) is 0 Å². The summed E-state index contributed by atoms with van der Waals surface area (Å²) in [5.41, 5.74) is 0.0295. The van der Waals surface area contributed by atoms with Crippen LogP contribution in [0.25, 0.3) is 0 Å². The predicted molar refractivity (Wildman–Crippen MR) is 81.5 cm³/mol. The molecule has 1 aromatic rings. The lowest BCUT2D eigenvalue weighted by Crippen LogP contribution is -2.59. The number of hydrogen-bond acceptors (Lipinski definition) is 6. The summed E-state index contributed by atoms with van der Waals surface area (Å²) in [5.74, 6) is -12.1. The van der Waals surface area contributed by atoms with Crippen LogP contribution in [0.5, 0.6) is 0 Å². The molecule has 1 N–H and O–H groups in total.